The molecule has 0 aliphatic heterocycles. The van der Waals surface area contributed by atoms with E-state index in [0.717, 1.165) is 64.2 Å². The summed E-state index contributed by atoms with van der Waals surface area (Å²) in [5.41, 5.74) is 0. The van der Waals surface area contributed by atoms with E-state index in [1.54, 1.807) is 0 Å². The molecule has 306 valence electrons. The van der Waals surface area contributed by atoms with Crippen molar-refractivity contribution in [3.63, 3.8) is 0 Å². The van der Waals surface area contributed by atoms with Gasteiger partial charge in [-0.2, -0.15) is 0 Å². The van der Waals surface area contributed by atoms with Crippen LogP contribution in [-0.4, -0.2) is 37.0 Å². The number of ether oxygens (including phenoxy) is 2. The van der Waals surface area contributed by atoms with Gasteiger partial charge in [-0.25, -0.2) is 0 Å². The van der Waals surface area contributed by atoms with Crippen molar-refractivity contribution in [3.05, 3.63) is 72.9 Å². The predicted molar refractivity (Wildman–Crippen MR) is 232 cm³/mol. The first kappa shape index (κ1) is 50.8. The molecule has 0 aliphatic rings. The Hall–Kier alpha value is -2.17. The largest absolute Gasteiger partial charge is 0.457 e. The van der Waals surface area contributed by atoms with Crippen LogP contribution >= 0.6 is 0 Å². The number of hydrogen-bond acceptors (Lipinski definition) is 4. The SMILES string of the molecule is CCCCC/C=C\C/C=C\C/C=C\CCCCCCCCC(=O)OC(CO)COCCCCCCCCC/C=C\C/C=C\C/C=C\CCCCCCC. The van der Waals surface area contributed by atoms with Crippen LogP contribution in [0.15, 0.2) is 72.9 Å². The van der Waals surface area contributed by atoms with Crippen molar-refractivity contribution in [2.45, 2.75) is 213 Å². The van der Waals surface area contributed by atoms with Gasteiger partial charge < -0.3 is 14.6 Å². The molecule has 0 rings (SSSR count). The summed E-state index contributed by atoms with van der Waals surface area (Å²) in [7, 11) is 0. The number of aliphatic hydroxyl groups excluding tert-OH is 1. The number of carbonyl (C=O) groups excluding carboxylic acids is 1. The summed E-state index contributed by atoms with van der Waals surface area (Å²) in [6.07, 6.45) is 62.5. The fourth-order valence-corrected chi connectivity index (χ4v) is 6.11. The van der Waals surface area contributed by atoms with Gasteiger partial charge in [0.05, 0.1) is 13.2 Å². The normalized spacial score (nSPS) is 13.0. The van der Waals surface area contributed by atoms with Crippen LogP contribution in [0.5, 0.6) is 0 Å². The van der Waals surface area contributed by atoms with Crippen LogP contribution in [0.4, 0.5) is 0 Å². The minimum atomic E-state index is -0.551. The molecule has 1 unspecified atom stereocenters. The zero-order chi connectivity index (χ0) is 38.4. The lowest BCUT2D eigenvalue weighted by Gasteiger charge is -2.15. The third-order valence-electron chi connectivity index (χ3n) is 9.50. The highest BCUT2D eigenvalue weighted by molar-refractivity contribution is 5.69. The second-order valence-electron chi connectivity index (χ2n) is 14.8. The molecule has 1 N–H and O–H groups in total. The number of rotatable bonds is 41. The van der Waals surface area contributed by atoms with Crippen molar-refractivity contribution < 1.29 is 19.4 Å². The van der Waals surface area contributed by atoms with Crippen LogP contribution in [0, 0.1) is 0 Å². The van der Waals surface area contributed by atoms with E-state index in [9.17, 15) is 9.90 Å². The highest BCUT2D eigenvalue weighted by Crippen LogP contribution is 2.12. The van der Waals surface area contributed by atoms with E-state index >= 15 is 0 Å². The minimum absolute atomic E-state index is 0.185. The molecule has 0 aromatic rings. The monoisotopic (exact) mass is 739 g/mol. The summed E-state index contributed by atoms with van der Waals surface area (Å²) in [4.78, 5) is 12.2. The molecular weight excluding hydrogens is 653 g/mol. The summed E-state index contributed by atoms with van der Waals surface area (Å²) in [5, 5.41) is 9.62. The first-order chi connectivity index (χ1) is 26.2. The number of hydrogen-bond donors (Lipinski definition) is 1. The zero-order valence-corrected chi connectivity index (χ0v) is 35.0. The summed E-state index contributed by atoms with van der Waals surface area (Å²) in [5.74, 6) is -0.218. The van der Waals surface area contributed by atoms with Crippen LogP contribution < -0.4 is 0 Å². The summed E-state index contributed by atoms with van der Waals surface area (Å²) >= 11 is 0. The Labute approximate surface area is 329 Å². The average Bonchev–Trinajstić information content (AvgIpc) is 3.16. The quantitative estimate of drug-likeness (QED) is 0.0385. The van der Waals surface area contributed by atoms with Gasteiger partial charge in [0.25, 0.3) is 0 Å². The fraction of sp³-hybridized carbons (Fsp3) is 0.735. The molecule has 0 aromatic carbocycles. The molecular formula is C49H86O4. The third-order valence-corrected chi connectivity index (χ3v) is 9.50. The predicted octanol–water partition coefficient (Wildman–Crippen LogP) is 15.0. The number of unbranched alkanes of at least 4 members (excludes halogenated alkanes) is 21. The molecule has 0 aliphatic carbocycles. The molecule has 0 radical (unpaired) electrons. The lowest BCUT2D eigenvalue weighted by molar-refractivity contribution is -0.154. The van der Waals surface area contributed by atoms with Crippen molar-refractivity contribution in [2.75, 3.05) is 19.8 Å². The van der Waals surface area contributed by atoms with E-state index in [-0.39, 0.29) is 19.2 Å². The molecule has 53 heavy (non-hydrogen) atoms. The van der Waals surface area contributed by atoms with Gasteiger partial charge in [0.15, 0.2) is 0 Å². The Bertz CT molecular complexity index is 911. The summed E-state index contributed by atoms with van der Waals surface area (Å²) in [6.45, 7) is 5.27. The minimum Gasteiger partial charge on any atom is -0.457 e. The van der Waals surface area contributed by atoms with Crippen molar-refractivity contribution in [3.8, 4) is 0 Å². The van der Waals surface area contributed by atoms with E-state index in [4.69, 9.17) is 9.47 Å². The summed E-state index contributed by atoms with van der Waals surface area (Å²) < 4.78 is 11.2. The Balaban J connectivity index is 3.50. The lowest BCUT2D eigenvalue weighted by atomic mass is 10.1. The van der Waals surface area contributed by atoms with Crippen LogP contribution in [0.25, 0.3) is 0 Å². The molecule has 0 bridgehead atoms. The van der Waals surface area contributed by atoms with Crippen molar-refractivity contribution in [1.82, 2.24) is 0 Å². The molecule has 0 saturated carbocycles. The fourth-order valence-electron chi connectivity index (χ4n) is 6.11. The average molecular weight is 739 g/mol. The number of esters is 1. The van der Waals surface area contributed by atoms with E-state index < -0.39 is 6.10 Å². The van der Waals surface area contributed by atoms with Crippen LogP contribution in [0.3, 0.4) is 0 Å². The molecule has 0 fully saturated rings. The van der Waals surface area contributed by atoms with Gasteiger partial charge in [-0.3, -0.25) is 4.79 Å². The van der Waals surface area contributed by atoms with E-state index in [1.165, 1.54) is 122 Å². The van der Waals surface area contributed by atoms with Gasteiger partial charge in [-0.15, -0.1) is 0 Å². The van der Waals surface area contributed by atoms with Gasteiger partial charge in [0, 0.05) is 13.0 Å². The van der Waals surface area contributed by atoms with Gasteiger partial charge in [-0.05, 0) is 89.9 Å². The second kappa shape index (κ2) is 46.0. The topological polar surface area (TPSA) is 55.8 Å². The van der Waals surface area contributed by atoms with Crippen molar-refractivity contribution in [1.29, 1.82) is 0 Å². The van der Waals surface area contributed by atoms with Gasteiger partial charge in [-0.1, -0.05) is 183 Å². The summed E-state index contributed by atoms with van der Waals surface area (Å²) in [6, 6.07) is 0. The second-order valence-corrected chi connectivity index (χ2v) is 14.8. The van der Waals surface area contributed by atoms with Crippen LogP contribution in [0.2, 0.25) is 0 Å². The maximum absolute atomic E-state index is 12.2. The highest BCUT2D eigenvalue weighted by atomic mass is 16.6. The molecule has 0 amide bonds. The maximum Gasteiger partial charge on any atom is 0.306 e. The Morgan fingerprint density at radius 3 is 1.23 bits per heavy atom. The van der Waals surface area contributed by atoms with Crippen molar-refractivity contribution in [2.24, 2.45) is 0 Å². The first-order valence-electron chi connectivity index (χ1n) is 22.5. The Morgan fingerprint density at radius 1 is 0.453 bits per heavy atom. The number of allylic oxidation sites excluding steroid dienone is 12. The van der Waals surface area contributed by atoms with Gasteiger partial charge >= 0.3 is 5.97 Å². The third kappa shape index (κ3) is 44.1. The van der Waals surface area contributed by atoms with Gasteiger partial charge in [0.1, 0.15) is 6.10 Å². The first-order valence-corrected chi connectivity index (χ1v) is 22.5. The van der Waals surface area contributed by atoms with Gasteiger partial charge in [0.2, 0.25) is 0 Å². The van der Waals surface area contributed by atoms with Crippen LogP contribution in [-0.2, 0) is 14.3 Å². The highest BCUT2D eigenvalue weighted by Gasteiger charge is 2.13. The molecule has 0 spiro atoms. The Morgan fingerprint density at radius 2 is 0.792 bits per heavy atom. The van der Waals surface area contributed by atoms with E-state index in [0.29, 0.717) is 13.0 Å². The number of carbonyl (C=O) groups is 1. The maximum atomic E-state index is 12.2. The van der Waals surface area contributed by atoms with E-state index in [2.05, 4.69) is 86.8 Å². The molecule has 4 heteroatoms. The molecule has 4 nitrogen and oxygen atoms in total. The zero-order valence-electron chi connectivity index (χ0n) is 35.0. The van der Waals surface area contributed by atoms with Crippen LogP contribution in [0.1, 0.15) is 206 Å². The molecule has 1 atom stereocenters. The van der Waals surface area contributed by atoms with Crippen molar-refractivity contribution >= 4 is 5.97 Å². The molecule has 0 heterocycles. The molecule has 0 saturated heterocycles. The Kier molecular flexibility index (Phi) is 44.1. The number of aliphatic hydroxyl groups is 1. The molecule has 0 aromatic heterocycles. The lowest BCUT2D eigenvalue weighted by Crippen LogP contribution is -2.27. The van der Waals surface area contributed by atoms with E-state index in [1.807, 2.05) is 0 Å². The smallest absolute Gasteiger partial charge is 0.306 e. The standard InChI is InChI=1S/C49H86O4/c1-3-5-7-9-11-13-15-17-19-21-23-24-25-27-29-31-33-35-37-39-41-43-45-52-47-48(46-50)53-49(51)44-42-40-38-36-34-32-30-28-26-22-20-18-16-14-12-10-8-6-4-2/h12,14-15,17-18,20-21,23,25-28,48,50H,3-11,13,16,19,22,24,29-47H2,1-2H3/b14-12-,17-15-,20-18-,23-21-,27-25-,28-26-.